The Kier molecular flexibility index (Phi) is 3.29. The molecule has 0 spiro atoms. The lowest BCUT2D eigenvalue weighted by atomic mass is 9.90. The van der Waals surface area contributed by atoms with E-state index >= 15 is 0 Å². The van der Waals surface area contributed by atoms with Gasteiger partial charge in [0.1, 0.15) is 5.78 Å². The Morgan fingerprint density at radius 1 is 1.50 bits per heavy atom. The Morgan fingerprint density at radius 2 is 2.31 bits per heavy atom. The third-order valence-corrected chi connectivity index (χ3v) is 3.45. The molecule has 2 atom stereocenters. The highest BCUT2D eigenvalue weighted by atomic mass is 16.1. The number of Topliss-reactive ketones (excluding diaryl/α,β-unsaturated/α-hetero) is 1. The number of hydrogen-bond donors (Lipinski definition) is 0. The molecule has 1 fully saturated rings. The standard InChI is InChI=1S/C12H17N3O/c1-9-10(2)15(7-5-12(9)16)8-11-4-3-6-13-14-11/h3-4,6,9-10H,5,7-8H2,1-2H3. The molecule has 1 saturated heterocycles. The summed E-state index contributed by atoms with van der Waals surface area (Å²) in [5.41, 5.74) is 0.968. The molecule has 0 aliphatic carbocycles. The van der Waals surface area contributed by atoms with E-state index in [1.807, 2.05) is 19.1 Å². The first-order valence-electron chi connectivity index (χ1n) is 5.72. The van der Waals surface area contributed by atoms with E-state index in [1.165, 1.54) is 0 Å². The number of carbonyl (C=O) groups excluding carboxylic acids is 1. The smallest absolute Gasteiger partial charge is 0.138 e. The van der Waals surface area contributed by atoms with Gasteiger partial charge < -0.3 is 0 Å². The van der Waals surface area contributed by atoms with Gasteiger partial charge in [0, 0.05) is 37.7 Å². The molecule has 1 aromatic rings. The van der Waals surface area contributed by atoms with Crippen LogP contribution in [0, 0.1) is 5.92 Å². The van der Waals surface area contributed by atoms with Gasteiger partial charge in [-0.15, -0.1) is 0 Å². The number of aromatic nitrogens is 2. The first-order chi connectivity index (χ1) is 7.68. The first-order valence-corrected chi connectivity index (χ1v) is 5.72. The van der Waals surface area contributed by atoms with Crippen molar-refractivity contribution >= 4 is 5.78 Å². The summed E-state index contributed by atoms with van der Waals surface area (Å²) in [5.74, 6) is 0.508. The summed E-state index contributed by atoms with van der Waals surface area (Å²) in [6.45, 7) is 5.74. The van der Waals surface area contributed by atoms with Crippen LogP contribution in [0.5, 0.6) is 0 Å². The molecule has 0 bridgehead atoms. The topological polar surface area (TPSA) is 46.1 Å². The Hall–Kier alpha value is -1.29. The molecular weight excluding hydrogens is 202 g/mol. The molecule has 0 saturated carbocycles. The molecule has 86 valence electrons. The molecule has 2 unspecified atom stereocenters. The van der Waals surface area contributed by atoms with Gasteiger partial charge in [-0.25, -0.2) is 0 Å². The average molecular weight is 219 g/mol. The van der Waals surface area contributed by atoms with Gasteiger partial charge in [0.2, 0.25) is 0 Å². The van der Waals surface area contributed by atoms with Crippen molar-refractivity contribution in [1.82, 2.24) is 15.1 Å². The number of hydrogen-bond acceptors (Lipinski definition) is 4. The van der Waals surface area contributed by atoms with E-state index in [0.29, 0.717) is 18.2 Å². The highest BCUT2D eigenvalue weighted by Crippen LogP contribution is 2.21. The summed E-state index contributed by atoms with van der Waals surface area (Å²) >= 11 is 0. The number of likely N-dealkylation sites (tertiary alicyclic amines) is 1. The number of piperidine rings is 1. The van der Waals surface area contributed by atoms with Crippen molar-refractivity contribution in [2.24, 2.45) is 5.92 Å². The Bertz CT molecular complexity index is 366. The summed E-state index contributed by atoms with van der Waals surface area (Å²) in [5, 5.41) is 7.94. The molecular formula is C12H17N3O. The minimum absolute atomic E-state index is 0.130. The van der Waals surface area contributed by atoms with Crippen LogP contribution in [0.25, 0.3) is 0 Å². The molecule has 1 aliphatic heterocycles. The molecule has 4 nitrogen and oxygen atoms in total. The minimum atomic E-state index is 0.130. The maximum atomic E-state index is 11.5. The summed E-state index contributed by atoms with van der Waals surface area (Å²) in [4.78, 5) is 13.8. The predicted molar refractivity (Wildman–Crippen MR) is 60.7 cm³/mol. The largest absolute Gasteiger partial charge is 0.299 e. The van der Waals surface area contributed by atoms with Crippen molar-refractivity contribution in [3.05, 3.63) is 24.0 Å². The first kappa shape index (κ1) is 11.2. The van der Waals surface area contributed by atoms with Gasteiger partial charge in [0.25, 0.3) is 0 Å². The van der Waals surface area contributed by atoms with Crippen LogP contribution in [0.3, 0.4) is 0 Å². The fourth-order valence-corrected chi connectivity index (χ4v) is 2.12. The molecule has 0 N–H and O–H groups in total. The summed E-state index contributed by atoms with van der Waals surface area (Å²) in [7, 11) is 0. The van der Waals surface area contributed by atoms with Crippen molar-refractivity contribution in [3.63, 3.8) is 0 Å². The van der Waals surface area contributed by atoms with E-state index in [9.17, 15) is 4.79 Å². The van der Waals surface area contributed by atoms with Crippen LogP contribution < -0.4 is 0 Å². The lowest BCUT2D eigenvalue weighted by molar-refractivity contribution is -0.128. The van der Waals surface area contributed by atoms with Crippen molar-refractivity contribution < 1.29 is 4.79 Å². The lowest BCUT2D eigenvalue weighted by Gasteiger charge is -2.36. The molecule has 4 heteroatoms. The molecule has 2 rings (SSSR count). The average Bonchev–Trinajstić information content (AvgIpc) is 2.31. The highest BCUT2D eigenvalue weighted by Gasteiger charge is 2.30. The zero-order chi connectivity index (χ0) is 11.5. The summed E-state index contributed by atoms with van der Waals surface area (Å²) < 4.78 is 0. The molecule has 1 aliphatic rings. The minimum Gasteiger partial charge on any atom is -0.299 e. The van der Waals surface area contributed by atoms with Gasteiger partial charge in [-0.2, -0.15) is 10.2 Å². The quantitative estimate of drug-likeness (QED) is 0.751. The van der Waals surface area contributed by atoms with E-state index < -0.39 is 0 Å². The second kappa shape index (κ2) is 4.70. The van der Waals surface area contributed by atoms with Crippen LogP contribution >= 0.6 is 0 Å². The molecule has 16 heavy (non-hydrogen) atoms. The number of ketones is 1. The monoisotopic (exact) mass is 219 g/mol. The van der Waals surface area contributed by atoms with Gasteiger partial charge in [0.15, 0.2) is 0 Å². The van der Waals surface area contributed by atoms with Crippen LogP contribution in [-0.2, 0) is 11.3 Å². The van der Waals surface area contributed by atoms with Crippen LogP contribution in [0.15, 0.2) is 18.3 Å². The zero-order valence-corrected chi connectivity index (χ0v) is 9.76. The normalized spacial score (nSPS) is 27.0. The van der Waals surface area contributed by atoms with E-state index in [4.69, 9.17) is 0 Å². The molecule has 0 amide bonds. The van der Waals surface area contributed by atoms with Gasteiger partial charge >= 0.3 is 0 Å². The van der Waals surface area contributed by atoms with Crippen molar-refractivity contribution in [3.8, 4) is 0 Å². The van der Waals surface area contributed by atoms with E-state index in [0.717, 1.165) is 18.8 Å². The summed E-state index contributed by atoms with van der Waals surface area (Å²) in [6.07, 6.45) is 2.33. The second-order valence-corrected chi connectivity index (χ2v) is 4.43. The van der Waals surface area contributed by atoms with E-state index in [1.54, 1.807) is 6.20 Å². The number of rotatable bonds is 2. The van der Waals surface area contributed by atoms with Crippen LogP contribution in [0.2, 0.25) is 0 Å². The van der Waals surface area contributed by atoms with Crippen LogP contribution in [0.1, 0.15) is 26.0 Å². The summed E-state index contributed by atoms with van der Waals surface area (Å²) in [6, 6.07) is 4.16. The van der Waals surface area contributed by atoms with Crippen LogP contribution in [-0.4, -0.2) is 33.5 Å². The van der Waals surface area contributed by atoms with Crippen LogP contribution in [0.4, 0.5) is 0 Å². The number of carbonyl (C=O) groups is 1. The van der Waals surface area contributed by atoms with Gasteiger partial charge in [-0.3, -0.25) is 9.69 Å². The molecule has 1 aromatic heterocycles. The molecule has 0 radical (unpaired) electrons. The second-order valence-electron chi connectivity index (χ2n) is 4.43. The van der Waals surface area contributed by atoms with E-state index in [2.05, 4.69) is 22.0 Å². The number of nitrogens with zero attached hydrogens (tertiary/aromatic N) is 3. The van der Waals surface area contributed by atoms with Gasteiger partial charge in [0.05, 0.1) is 5.69 Å². The maximum absolute atomic E-state index is 11.5. The Labute approximate surface area is 95.7 Å². The van der Waals surface area contributed by atoms with Gasteiger partial charge in [-0.05, 0) is 19.1 Å². The van der Waals surface area contributed by atoms with Crippen molar-refractivity contribution in [1.29, 1.82) is 0 Å². The third-order valence-electron chi connectivity index (χ3n) is 3.45. The Morgan fingerprint density at radius 3 is 3.00 bits per heavy atom. The van der Waals surface area contributed by atoms with Crippen molar-refractivity contribution in [2.75, 3.05) is 6.54 Å². The fraction of sp³-hybridized carbons (Fsp3) is 0.583. The predicted octanol–water partition coefficient (Wildman–Crippen LogP) is 1.28. The van der Waals surface area contributed by atoms with Crippen molar-refractivity contribution in [2.45, 2.75) is 32.9 Å². The zero-order valence-electron chi connectivity index (χ0n) is 9.76. The van der Waals surface area contributed by atoms with E-state index in [-0.39, 0.29) is 5.92 Å². The SMILES string of the molecule is CC1C(=O)CCN(Cc2cccnn2)C1C. The van der Waals surface area contributed by atoms with Gasteiger partial charge in [-0.1, -0.05) is 6.92 Å². The fourth-order valence-electron chi connectivity index (χ4n) is 2.12. The maximum Gasteiger partial charge on any atom is 0.138 e. The molecule has 2 heterocycles. The Balaban J connectivity index is 2.03. The third kappa shape index (κ3) is 2.27. The molecule has 0 aromatic carbocycles. The lowest BCUT2D eigenvalue weighted by Crippen LogP contribution is -2.46. The highest BCUT2D eigenvalue weighted by molar-refractivity contribution is 5.82.